The summed E-state index contributed by atoms with van der Waals surface area (Å²) in [4.78, 5) is 15.2. The van der Waals surface area contributed by atoms with Crippen molar-refractivity contribution in [1.29, 1.82) is 0 Å². The molecule has 0 fully saturated rings. The number of aliphatic carboxylic acids is 1. The lowest BCUT2D eigenvalue weighted by atomic mass is 10.1. The Kier molecular flexibility index (Phi) is 8.21. The second-order valence-corrected chi connectivity index (χ2v) is 4.70. The van der Waals surface area contributed by atoms with Gasteiger partial charge in [0.2, 0.25) is 0 Å². The summed E-state index contributed by atoms with van der Waals surface area (Å²) in [6.45, 7) is 7.52. The molecule has 0 heterocycles. The van der Waals surface area contributed by atoms with E-state index >= 15 is 0 Å². The summed E-state index contributed by atoms with van der Waals surface area (Å²) in [5.74, 6) is -0.981. The molecule has 0 spiro atoms. The molecule has 96 valence electrons. The summed E-state index contributed by atoms with van der Waals surface area (Å²) in [6.07, 6.45) is 2.29. The number of unbranched alkanes of at least 4 members (excludes halogenated alkanes) is 1. The molecule has 0 saturated carbocycles. The molecule has 0 aromatic carbocycles. The maximum atomic E-state index is 10.8. The number of hydrogen-bond acceptors (Lipinski definition) is 3. The van der Waals surface area contributed by atoms with Crippen LogP contribution in [0.3, 0.4) is 0 Å². The molecular weight excluding hydrogens is 204 g/mol. The van der Waals surface area contributed by atoms with Crippen LogP contribution in [0.2, 0.25) is 0 Å². The third-order valence-electron chi connectivity index (χ3n) is 2.64. The van der Waals surface area contributed by atoms with E-state index in [0.29, 0.717) is 6.54 Å². The Balaban J connectivity index is 4.03. The highest BCUT2D eigenvalue weighted by atomic mass is 16.4. The zero-order chi connectivity index (χ0) is 12.6. The van der Waals surface area contributed by atoms with E-state index in [4.69, 9.17) is 5.11 Å². The molecule has 0 aliphatic carbocycles. The first kappa shape index (κ1) is 15.4. The molecule has 0 rings (SSSR count). The fourth-order valence-corrected chi connectivity index (χ4v) is 1.48. The zero-order valence-electron chi connectivity index (χ0n) is 11.1. The number of nitrogens with zero attached hydrogens (tertiary/aromatic N) is 2. The molecule has 0 aliphatic heterocycles. The predicted molar refractivity (Wildman–Crippen MR) is 66.7 cm³/mol. The van der Waals surface area contributed by atoms with Crippen molar-refractivity contribution in [2.24, 2.45) is 5.92 Å². The number of likely N-dealkylation sites (N-methyl/N-ethyl adjacent to an activating group) is 1. The predicted octanol–water partition coefficient (Wildman–Crippen LogP) is 1.37. The van der Waals surface area contributed by atoms with Gasteiger partial charge in [0.15, 0.2) is 0 Å². The number of hydrogen-bond donors (Lipinski definition) is 1. The molecule has 0 aromatic rings. The van der Waals surface area contributed by atoms with Gasteiger partial charge in [0.25, 0.3) is 0 Å². The van der Waals surface area contributed by atoms with Crippen LogP contribution in [0, 0.1) is 5.92 Å². The van der Waals surface area contributed by atoms with Crippen LogP contribution < -0.4 is 0 Å². The Morgan fingerprint density at radius 3 is 2.31 bits per heavy atom. The molecule has 1 atom stereocenters. The third kappa shape index (κ3) is 7.65. The average Bonchev–Trinajstić information content (AvgIpc) is 2.21. The van der Waals surface area contributed by atoms with Gasteiger partial charge < -0.3 is 14.9 Å². The van der Waals surface area contributed by atoms with Crippen LogP contribution in [0.25, 0.3) is 0 Å². The van der Waals surface area contributed by atoms with Gasteiger partial charge >= 0.3 is 5.97 Å². The molecule has 4 nitrogen and oxygen atoms in total. The summed E-state index contributed by atoms with van der Waals surface area (Å²) in [6, 6.07) is 0. The van der Waals surface area contributed by atoms with Gasteiger partial charge in [-0.05, 0) is 27.1 Å². The Bertz CT molecular complexity index is 195. The first-order valence-electron chi connectivity index (χ1n) is 6.07. The Morgan fingerprint density at radius 2 is 1.88 bits per heavy atom. The Hall–Kier alpha value is -0.610. The van der Waals surface area contributed by atoms with E-state index in [0.717, 1.165) is 32.5 Å². The lowest BCUT2D eigenvalue weighted by Crippen LogP contribution is -2.37. The summed E-state index contributed by atoms with van der Waals surface area (Å²) >= 11 is 0. The van der Waals surface area contributed by atoms with Gasteiger partial charge in [0.05, 0.1) is 5.92 Å². The van der Waals surface area contributed by atoms with Crippen LogP contribution in [0.4, 0.5) is 0 Å². The van der Waals surface area contributed by atoms with Gasteiger partial charge in [-0.15, -0.1) is 0 Å². The van der Waals surface area contributed by atoms with Crippen molar-refractivity contribution in [1.82, 2.24) is 9.80 Å². The van der Waals surface area contributed by atoms with Crippen LogP contribution in [0.1, 0.15) is 26.7 Å². The largest absolute Gasteiger partial charge is 0.481 e. The standard InChI is InChI=1S/C12H26N2O2/c1-5-6-7-14(9-8-13(3)4)10-11(2)12(15)16/h11H,5-10H2,1-4H3,(H,15,16). The van der Waals surface area contributed by atoms with Crippen LogP contribution in [0.15, 0.2) is 0 Å². The van der Waals surface area contributed by atoms with E-state index in [1.54, 1.807) is 6.92 Å². The summed E-state index contributed by atoms with van der Waals surface area (Å²) in [5.41, 5.74) is 0. The molecule has 0 aliphatic rings. The lowest BCUT2D eigenvalue weighted by Gasteiger charge is -2.25. The van der Waals surface area contributed by atoms with E-state index in [9.17, 15) is 4.79 Å². The topological polar surface area (TPSA) is 43.8 Å². The molecular formula is C12H26N2O2. The number of carbonyl (C=O) groups is 1. The number of carboxylic acids is 1. The van der Waals surface area contributed by atoms with Gasteiger partial charge in [-0.25, -0.2) is 0 Å². The van der Waals surface area contributed by atoms with E-state index in [-0.39, 0.29) is 5.92 Å². The maximum Gasteiger partial charge on any atom is 0.307 e. The van der Waals surface area contributed by atoms with Crippen molar-refractivity contribution in [2.45, 2.75) is 26.7 Å². The van der Waals surface area contributed by atoms with Gasteiger partial charge in [0.1, 0.15) is 0 Å². The van der Waals surface area contributed by atoms with Crippen LogP contribution in [-0.4, -0.2) is 61.2 Å². The second kappa shape index (κ2) is 8.53. The molecule has 4 heteroatoms. The summed E-state index contributed by atoms with van der Waals surface area (Å²) in [7, 11) is 4.08. The maximum absolute atomic E-state index is 10.8. The molecule has 1 unspecified atom stereocenters. The minimum Gasteiger partial charge on any atom is -0.481 e. The van der Waals surface area contributed by atoms with E-state index in [1.165, 1.54) is 0 Å². The highest BCUT2D eigenvalue weighted by Gasteiger charge is 2.15. The summed E-state index contributed by atoms with van der Waals surface area (Å²) in [5, 5.41) is 8.90. The highest BCUT2D eigenvalue weighted by molar-refractivity contribution is 5.69. The fraction of sp³-hybridized carbons (Fsp3) is 0.917. The van der Waals surface area contributed by atoms with Crippen molar-refractivity contribution < 1.29 is 9.90 Å². The smallest absolute Gasteiger partial charge is 0.307 e. The lowest BCUT2D eigenvalue weighted by molar-refractivity contribution is -0.141. The molecule has 0 bridgehead atoms. The molecule has 1 N–H and O–H groups in total. The molecule has 0 saturated heterocycles. The van der Waals surface area contributed by atoms with Crippen molar-refractivity contribution in [3.63, 3.8) is 0 Å². The average molecular weight is 230 g/mol. The van der Waals surface area contributed by atoms with Crippen molar-refractivity contribution in [3.05, 3.63) is 0 Å². The molecule has 0 aromatic heterocycles. The third-order valence-corrected chi connectivity index (χ3v) is 2.64. The second-order valence-electron chi connectivity index (χ2n) is 4.70. The number of carboxylic acid groups (broad SMARTS) is 1. The van der Waals surface area contributed by atoms with Gasteiger partial charge in [-0.1, -0.05) is 20.3 Å². The van der Waals surface area contributed by atoms with Crippen LogP contribution in [-0.2, 0) is 4.79 Å². The summed E-state index contributed by atoms with van der Waals surface area (Å²) < 4.78 is 0. The number of rotatable bonds is 9. The SMILES string of the molecule is CCCCN(CCN(C)C)CC(C)C(=O)O. The first-order valence-corrected chi connectivity index (χ1v) is 6.07. The molecule has 0 radical (unpaired) electrons. The van der Waals surface area contributed by atoms with Gasteiger partial charge in [0, 0.05) is 19.6 Å². The zero-order valence-corrected chi connectivity index (χ0v) is 11.1. The molecule has 16 heavy (non-hydrogen) atoms. The minimum atomic E-state index is -0.702. The van der Waals surface area contributed by atoms with E-state index in [2.05, 4.69) is 16.7 Å². The Labute approximate surface area is 99.2 Å². The fourth-order valence-electron chi connectivity index (χ4n) is 1.48. The molecule has 0 amide bonds. The quantitative estimate of drug-likeness (QED) is 0.650. The van der Waals surface area contributed by atoms with Gasteiger partial charge in [-0.3, -0.25) is 4.79 Å². The van der Waals surface area contributed by atoms with Gasteiger partial charge in [-0.2, -0.15) is 0 Å². The first-order chi connectivity index (χ1) is 7.47. The van der Waals surface area contributed by atoms with Crippen molar-refractivity contribution >= 4 is 5.97 Å². The van der Waals surface area contributed by atoms with E-state index in [1.807, 2.05) is 14.1 Å². The van der Waals surface area contributed by atoms with Crippen molar-refractivity contribution in [2.75, 3.05) is 40.3 Å². The van der Waals surface area contributed by atoms with E-state index < -0.39 is 5.97 Å². The highest BCUT2D eigenvalue weighted by Crippen LogP contribution is 2.02. The normalized spacial score (nSPS) is 13.4. The van der Waals surface area contributed by atoms with Crippen LogP contribution in [0.5, 0.6) is 0 Å². The van der Waals surface area contributed by atoms with Crippen molar-refractivity contribution in [3.8, 4) is 0 Å². The van der Waals surface area contributed by atoms with Crippen LogP contribution >= 0.6 is 0 Å². The minimum absolute atomic E-state index is 0.279. The Morgan fingerprint density at radius 1 is 1.25 bits per heavy atom. The monoisotopic (exact) mass is 230 g/mol.